The summed E-state index contributed by atoms with van der Waals surface area (Å²) in [6.07, 6.45) is 1.70. The summed E-state index contributed by atoms with van der Waals surface area (Å²) < 4.78 is 5.23. The zero-order valence-electron chi connectivity index (χ0n) is 19.6. The summed E-state index contributed by atoms with van der Waals surface area (Å²) in [6.45, 7) is 5.56. The zero-order valence-corrected chi connectivity index (χ0v) is 19.6. The third-order valence-corrected chi connectivity index (χ3v) is 5.45. The normalized spacial score (nSPS) is 18.0. The van der Waals surface area contributed by atoms with Crippen molar-refractivity contribution in [3.63, 3.8) is 0 Å². The Kier molecular flexibility index (Phi) is 7.48. The Morgan fingerprint density at radius 1 is 1.06 bits per heavy atom. The lowest BCUT2D eigenvalue weighted by Gasteiger charge is -2.27. The quantitative estimate of drug-likeness (QED) is 0.334. The summed E-state index contributed by atoms with van der Waals surface area (Å²) in [6, 6.07) is 3.66. The molecule has 2 aliphatic rings. The van der Waals surface area contributed by atoms with Crippen LogP contribution in [0.1, 0.15) is 85.6 Å². The Morgan fingerprint density at radius 3 is 2.41 bits per heavy atom. The number of piperidine rings is 1. The smallest absolute Gasteiger partial charge is 0.306 e. The summed E-state index contributed by atoms with van der Waals surface area (Å²) in [5.74, 6) is -2.75. The van der Waals surface area contributed by atoms with Crippen molar-refractivity contribution in [1.82, 2.24) is 15.5 Å². The first kappa shape index (κ1) is 25.1. The van der Waals surface area contributed by atoms with Gasteiger partial charge in [0, 0.05) is 25.8 Å². The van der Waals surface area contributed by atoms with Crippen molar-refractivity contribution in [3.05, 3.63) is 34.9 Å². The highest BCUT2D eigenvalue weighted by molar-refractivity contribution is 6.23. The molecule has 10 heteroatoms. The minimum Gasteiger partial charge on any atom is -0.460 e. The highest BCUT2D eigenvalue weighted by atomic mass is 16.6. The molecular formula is C24H29N3O7. The molecule has 0 saturated carbocycles. The number of fused-ring (bicyclic) bond motifs is 1. The van der Waals surface area contributed by atoms with Crippen molar-refractivity contribution in [2.75, 3.05) is 0 Å². The number of rotatable bonds is 8. The number of esters is 1. The summed E-state index contributed by atoms with van der Waals surface area (Å²) in [5.41, 5.74) is 0.452. The minimum atomic E-state index is -1.02. The van der Waals surface area contributed by atoms with Gasteiger partial charge in [0.1, 0.15) is 11.6 Å². The average Bonchev–Trinajstić information content (AvgIpc) is 2.98. The fourth-order valence-electron chi connectivity index (χ4n) is 3.86. The van der Waals surface area contributed by atoms with Gasteiger partial charge < -0.3 is 10.1 Å². The molecule has 2 N–H and O–H groups in total. The predicted octanol–water partition coefficient (Wildman–Crippen LogP) is 1.61. The maximum Gasteiger partial charge on any atom is 0.306 e. The van der Waals surface area contributed by atoms with Crippen LogP contribution in [-0.2, 0) is 30.5 Å². The molecule has 3 rings (SSSR count). The van der Waals surface area contributed by atoms with E-state index < -0.39 is 35.3 Å². The van der Waals surface area contributed by atoms with E-state index >= 15 is 0 Å². The van der Waals surface area contributed by atoms with Crippen LogP contribution in [0.25, 0.3) is 0 Å². The van der Waals surface area contributed by atoms with E-state index in [0.717, 1.165) is 4.90 Å². The lowest BCUT2D eigenvalue weighted by molar-refractivity contribution is -0.155. The summed E-state index contributed by atoms with van der Waals surface area (Å²) in [7, 11) is 0. The second-order valence-electron chi connectivity index (χ2n) is 9.40. The molecule has 10 nitrogen and oxygen atoms in total. The molecule has 0 radical (unpaired) electrons. The highest BCUT2D eigenvalue weighted by Crippen LogP contribution is 2.28. The van der Waals surface area contributed by atoms with Crippen molar-refractivity contribution in [1.29, 1.82) is 0 Å². The molecule has 2 aliphatic heterocycles. The van der Waals surface area contributed by atoms with Gasteiger partial charge in [0.05, 0.1) is 11.1 Å². The van der Waals surface area contributed by atoms with E-state index in [1.165, 1.54) is 12.1 Å². The van der Waals surface area contributed by atoms with Crippen LogP contribution >= 0.6 is 0 Å². The van der Waals surface area contributed by atoms with E-state index in [9.17, 15) is 28.8 Å². The van der Waals surface area contributed by atoms with Crippen LogP contribution in [0.2, 0.25) is 0 Å². The molecule has 2 heterocycles. The van der Waals surface area contributed by atoms with Crippen molar-refractivity contribution in [2.45, 2.75) is 77.5 Å². The molecule has 34 heavy (non-hydrogen) atoms. The van der Waals surface area contributed by atoms with Gasteiger partial charge >= 0.3 is 5.97 Å². The Hall–Kier alpha value is -3.56. The molecule has 0 aromatic heterocycles. The number of carbonyl (C=O) groups is 6. The largest absolute Gasteiger partial charge is 0.460 e. The average molecular weight is 472 g/mol. The molecule has 1 fully saturated rings. The lowest BCUT2D eigenvalue weighted by atomic mass is 10.0. The number of hydrogen-bond donors (Lipinski definition) is 2. The van der Waals surface area contributed by atoms with Gasteiger partial charge in [0.2, 0.25) is 17.7 Å². The van der Waals surface area contributed by atoms with E-state index in [4.69, 9.17) is 4.74 Å². The van der Waals surface area contributed by atoms with Gasteiger partial charge in [-0.2, -0.15) is 0 Å². The van der Waals surface area contributed by atoms with Crippen LogP contribution in [0.4, 0.5) is 0 Å². The first-order chi connectivity index (χ1) is 16.0. The van der Waals surface area contributed by atoms with E-state index in [1.807, 2.05) is 0 Å². The van der Waals surface area contributed by atoms with Gasteiger partial charge in [-0.15, -0.1) is 0 Å². The molecule has 1 aromatic rings. The third-order valence-electron chi connectivity index (χ3n) is 5.45. The monoisotopic (exact) mass is 471 g/mol. The number of ether oxygens (including phenoxy) is 1. The number of hydrogen-bond acceptors (Lipinski definition) is 7. The zero-order chi connectivity index (χ0) is 25.0. The summed E-state index contributed by atoms with van der Waals surface area (Å²) in [4.78, 5) is 73.8. The van der Waals surface area contributed by atoms with Gasteiger partial charge in [0.25, 0.3) is 11.8 Å². The Bertz CT molecular complexity index is 1040. The van der Waals surface area contributed by atoms with Crippen molar-refractivity contribution in [3.8, 4) is 0 Å². The number of benzene rings is 1. The highest BCUT2D eigenvalue weighted by Gasteiger charge is 2.44. The molecule has 5 amide bonds. The second kappa shape index (κ2) is 10.1. The lowest BCUT2D eigenvalue weighted by Crippen LogP contribution is -2.54. The summed E-state index contributed by atoms with van der Waals surface area (Å²) in [5, 5.41) is 4.92. The standard InChI is InChI=1S/C24H29N3O7/c1-24(2,3)34-20(30)7-5-4-6-18(28)25-13-14-8-9-15-16(12-14)23(33)27(22(15)32)17-10-11-19(29)26-21(17)31/h8-9,12,17H,4-7,10-11,13H2,1-3H3,(H,25,28)(H,26,29,31). The van der Waals surface area contributed by atoms with E-state index in [0.29, 0.717) is 18.4 Å². The molecule has 1 aromatic carbocycles. The first-order valence-corrected chi connectivity index (χ1v) is 11.3. The number of imide groups is 2. The molecule has 1 saturated heterocycles. The van der Waals surface area contributed by atoms with Gasteiger partial charge in [-0.25, -0.2) is 0 Å². The number of unbranched alkanes of at least 4 members (excludes halogenated alkanes) is 1. The van der Waals surface area contributed by atoms with E-state index in [-0.39, 0.29) is 55.2 Å². The molecule has 0 spiro atoms. The Morgan fingerprint density at radius 2 is 1.74 bits per heavy atom. The fraction of sp³-hybridized carbons (Fsp3) is 0.500. The van der Waals surface area contributed by atoms with Crippen LogP contribution in [0.5, 0.6) is 0 Å². The summed E-state index contributed by atoms with van der Waals surface area (Å²) >= 11 is 0. The molecule has 182 valence electrons. The number of carbonyl (C=O) groups excluding carboxylic acids is 6. The van der Waals surface area contributed by atoms with Crippen LogP contribution in [0, 0.1) is 0 Å². The fourth-order valence-corrected chi connectivity index (χ4v) is 3.86. The molecule has 0 bridgehead atoms. The molecule has 1 atom stereocenters. The van der Waals surface area contributed by atoms with Crippen molar-refractivity contribution >= 4 is 35.5 Å². The van der Waals surface area contributed by atoms with Gasteiger partial charge in [-0.05, 0) is 57.7 Å². The molecular weight excluding hydrogens is 442 g/mol. The van der Waals surface area contributed by atoms with Gasteiger partial charge in [-0.3, -0.25) is 39.0 Å². The second-order valence-corrected chi connectivity index (χ2v) is 9.40. The molecule has 0 aliphatic carbocycles. The van der Waals surface area contributed by atoms with Crippen LogP contribution in [0.3, 0.4) is 0 Å². The van der Waals surface area contributed by atoms with Crippen molar-refractivity contribution in [2.24, 2.45) is 0 Å². The van der Waals surface area contributed by atoms with Gasteiger partial charge in [-0.1, -0.05) is 6.07 Å². The van der Waals surface area contributed by atoms with Crippen LogP contribution in [-0.4, -0.2) is 52.0 Å². The SMILES string of the molecule is CC(C)(C)OC(=O)CCCCC(=O)NCc1ccc2c(c1)C(=O)N(C1CCC(=O)NC1=O)C2=O. The topological polar surface area (TPSA) is 139 Å². The van der Waals surface area contributed by atoms with Crippen LogP contribution < -0.4 is 10.6 Å². The van der Waals surface area contributed by atoms with Crippen LogP contribution in [0.15, 0.2) is 18.2 Å². The Balaban J connectivity index is 1.50. The number of amides is 5. The number of nitrogens with one attached hydrogen (secondary N) is 2. The predicted molar refractivity (Wildman–Crippen MR) is 119 cm³/mol. The Labute approximate surface area is 197 Å². The first-order valence-electron chi connectivity index (χ1n) is 11.3. The maximum absolute atomic E-state index is 12.9. The van der Waals surface area contributed by atoms with Crippen molar-refractivity contribution < 1.29 is 33.5 Å². The molecule has 1 unspecified atom stereocenters. The minimum absolute atomic E-state index is 0.0544. The van der Waals surface area contributed by atoms with E-state index in [2.05, 4.69) is 10.6 Å². The maximum atomic E-state index is 12.9. The van der Waals surface area contributed by atoms with E-state index in [1.54, 1.807) is 26.8 Å². The van der Waals surface area contributed by atoms with Gasteiger partial charge in [0.15, 0.2) is 0 Å². The third kappa shape index (κ3) is 6.06. The number of nitrogens with zero attached hydrogens (tertiary/aromatic N) is 1.